The van der Waals surface area contributed by atoms with Crippen LogP contribution >= 0.6 is 11.8 Å². The van der Waals surface area contributed by atoms with Crippen molar-refractivity contribution in [3.8, 4) is 0 Å². The maximum Gasteiger partial charge on any atom is 0.0290 e. The number of benzene rings is 2. The fraction of sp³-hybridized carbons (Fsp3) is 0.333. The van der Waals surface area contributed by atoms with E-state index in [0.29, 0.717) is 23.1 Å². The van der Waals surface area contributed by atoms with Crippen LogP contribution in [0.3, 0.4) is 0 Å². The largest absolute Gasteiger partial charge is 0.326 e. The zero-order valence-electron chi connectivity index (χ0n) is 11.4. The number of hydrogen-bond acceptors (Lipinski definition) is 2. The van der Waals surface area contributed by atoms with Gasteiger partial charge in [0.05, 0.1) is 0 Å². The normalized spacial score (nSPS) is 28.9. The van der Waals surface area contributed by atoms with Gasteiger partial charge in [-0.05, 0) is 41.9 Å². The van der Waals surface area contributed by atoms with Gasteiger partial charge in [-0.1, -0.05) is 48.5 Å². The molecule has 4 unspecified atom stereocenters. The molecule has 0 aromatic heterocycles. The summed E-state index contributed by atoms with van der Waals surface area (Å²) in [6.07, 6.45) is 2.40. The van der Waals surface area contributed by atoms with Gasteiger partial charge in [0.1, 0.15) is 0 Å². The van der Waals surface area contributed by atoms with Crippen molar-refractivity contribution in [3.63, 3.8) is 0 Å². The van der Waals surface area contributed by atoms with E-state index in [2.05, 4.69) is 54.6 Å². The second-order valence-electron chi connectivity index (χ2n) is 5.96. The summed E-state index contributed by atoms with van der Waals surface area (Å²) in [7, 11) is 0. The standard InChI is InChI=1S/C18H19NS/c19-18(15-11-14(15)12-6-2-1-3-7-12)17-10-13-8-4-5-9-16(13)20-17/h1-9,14-15,17-18H,10-11,19H2. The number of nitrogens with two attached hydrogens (primary N) is 1. The second-order valence-corrected chi connectivity index (χ2v) is 7.24. The number of fused-ring (bicyclic) bond motifs is 1. The van der Waals surface area contributed by atoms with Crippen LogP contribution in [-0.2, 0) is 6.42 Å². The van der Waals surface area contributed by atoms with Crippen LogP contribution in [0.25, 0.3) is 0 Å². The van der Waals surface area contributed by atoms with Crippen molar-refractivity contribution < 1.29 is 0 Å². The van der Waals surface area contributed by atoms with E-state index in [0.717, 1.165) is 6.42 Å². The second kappa shape index (κ2) is 4.94. The van der Waals surface area contributed by atoms with Gasteiger partial charge in [0.25, 0.3) is 0 Å². The maximum absolute atomic E-state index is 6.57. The predicted molar refractivity (Wildman–Crippen MR) is 85.1 cm³/mol. The summed E-state index contributed by atoms with van der Waals surface area (Å²) < 4.78 is 0. The van der Waals surface area contributed by atoms with Crippen LogP contribution in [0, 0.1) is 5.92 Å². The molecular weight excluding hydrogens is 262 g/mol. The third kappa shape index (κ3) is 2.17. The molecule has 1 aliphatic carbocycles. The molecule has 0 bridgehead atoms. The van der Waals surface area contributed by atoms with Crippen molar-refractivity contribution in [2.45, 2.75) is 34.9 Å². The van der Waals surface area contributed by atoms with Crippen molar-refractivity contribution in [3.05, 3.63) is 65.7 Å². The minimum absolute atomic E-state index is 0.317. The minimum atomic E-state index is 0.317. The topological polar surface area (TPSA) is 26.0 Å². The Bertz CT molecular complexity index is 585. The van der Waals surface area contributed by atoms with Crippen LogP contribution in [0.15, 0.2) is 59.5 Å². The highest BCUT2D eigenvalue weighted by molar-refractivity contribution is 8.00. The van der Waals surface area contributed by atoms with Gasteiger partial charge < -0.3 is 5.73 Å². The molecule has 1 nitrogen and oxygen atoms in total. The van der Waals surface area contributed by atoms with E-state index in [9.17, 15) is 0 Å². The highest BCUT2D eigenvalue weighted by atomic mass is 32.2. The summed E-state index contributed by atoms with van der Waals surface area (Å²) in [4.78, 5) is 1.44. The molecule has 2 heteroatoms. The van der Waals surface area contributed by atoms with Crippen molar-refractivity contribution in [2.75, 3.05) is 0 Å². The van der Waals surface area contributed by atoms with Gasteiger partial charge in [0.2, 0.25) is 0 Å². The van der Waals surface area contributed by atoms with Crippen LogP contribution in [0.1, 0.15) is 23.5 Å². The van der Waals surface area contributed by atoms with Gasteiger partial charge in [-0.3, -0.25) is 0 Å². The third-order valence-electron chi connectivity index (χ3n) is 4.66. The summed E-state index contributed by atoms with van der Waals surface area (Å²) in [5.74, 6) is 1.36. The molecule has 0 spiro atoms. The summed E-state index contributed by atoms with van der Waals surface area (Å²) >= 11 is 1.98. The van der Waals surface area contributed by atoms with Gasteiger partial charge in [-0.2, -0.15) is 0 Å². The summed E-state index contributed by atoms with van der Waals surface area (Å²) in [5, 5.41) is 0.561. The number of rotatable bonds is 3. The first kappa shape index (κ1) is 12.5. The van der Waals surface area contributed by atoms with Crippen molar-refractivity contribution in [2.24, 2.45) is 11.7 Å². The Morgan fingerprint density at radius 3 is 2.55 bits per heavy atom. The molecule has 102 valence electrons. The molecule has 2 aromatic carbocycles. The molecule has 2 aliphatic rings. The Morgan fingerprint density at radius 2 is 1.75 bits per heavy atom. The number of thioether (sulfide) groups is 1. The average molecular weight is 281 g/mol. The molecule has 0 amide bonds. The first-order valence-corrected chi connectivity index (χ1v) is 8.26. The highest BCUT2D eigenvalue weighted by Gasteiger charge is 2.46. The Hall–Kier alpha value is -1.25. The molecule has 1 heterocycles. The van der Waals surface area contributed by atoms with Crippen LogP contribution in [0.5, 0.6) is 0 Å². The molecule has 2 N–H and O–H groups in total. The smallest absolute Gasteiger partial charge is 0.0290 e. The Balaban J connectivity index is 1.45. The lowest BCUT2D eigenvalue weighted by molar-refractivity contribution is 0.557. The molecular formula is C18H19NS. The predicted octanol–water partition coefficient (Wildman–Crippen LogP) is 3.83. The van der Waals surface area contributed by atoms with Gasteiger partial charge in [0.15, 0.2) is 0 Å². The molecule has 0 saturated heterocycles. The van der Waals surface area contributed by atoms with E-state index in [1.54, 1.807) is 0 Å². The number of hydrogen-bond donors (Lipinski definition) is 1. The van der Waals surface area contributed by atoms with Crippen LogP contribution in [0.2, 0.25) is 0 Å². The lowest BCUT2D eigenvalue weighted by Crippen LogP contribution is -2.34. The van der Waals surface area contributed by atoms with Gasteiger partial charge in [-0.25, -0.2) is 0 Å². The maximum atomic E-state index is 6.57. The van der Waals surface area contributed by atoms with E-state index in [1.165, 1.54) is 22.4 Å². The van der Waals surface area contributed by atoms with E-state index < -0.39 is 0 Å². The van der Waals surface area contributed by atoms with Crippen molar-refractivity contribution in [1.29, 1.82) is 0 Å². The Kier molecular flexibility index (Phi) is 3.08. The molecule has 4 atom stereocenters. The van der Waals surface area contributed by atoms with Crippen LogP contribution < -0.4 is 5.73 Å². The Labute approximate surface area is 124 Å². The van der Waals surface area contributed by atoms with Crippen molar-refractivity contribution >= 4 is 11.8 Å². The molecule has 20 heavy (non-hydrogen) atoms. The van der Waals surface area contributed by atoms with E-state index in [-0.39, 0.29) is 0 Å². The fourth-order valence-corrected chi connectivity index (χ4v) is 4.83. The van der Waals surface area contributed by atoms with E-state index >= 15 is 0 Å². The average Bonchev–Trinajstić information content (AvgIpc) is 3.18. The SMILES string of the molecule is NC(C1Cc2ccccc2S1)C1CC1c1ccccc1. The quantitative estimate of drug-likeness (QED) is 0.925. The summed E-state index contributed by atoms with van der Waals surface area (Å²) in [6, 6.07) is 19.9. The third-order valence-corrected chi connectivity index (χ3v) is 6.10. The van der Waals surface area contributed by atoms with Gasteiger partial charge in [-0.15, -0.1) is 11.8 Å². The molecule has 2 aromatic rings. The van der Waals surface area contributed by atoms with Crippen LogP contribution in [-0.4, -0.2) is 11.3 Å². The molecule has 0 radical (unpaired) electrons. The first-order valence-electron chi connectivity index (χ1n) is 7.38. The lowest BCUT2D eigenvalue weighted by Gasteiger charge is -2.18. The molecule has 1 saturated carbocycles. The fourth-order valence-electron chi connectivity index (χ4n) is 3.42. The molecule has 1 fully saturated rings. The lowest BCUT2D eigenvalue weighted by atomic mass is 9.99. The summed E-state index contributed by atoms with van der Waals surface area (Å²) in [5.41, 5.74) is 9.52. The molecule has 4 rings (SSSR count). The summed E-state index contributed by atoms with van der Waals surface area (Å²) in [6.45, 7) is 0. The zero-order chi connectivity index (χ0) is 13.5. The monoisotopic (exact) mass is 281 g/mol. The minimum Gasteiger partial charge on any atom is -0.326 e. The first-order chi connectivity index (χ1) is 9.83. The Morgan fingerprint density at radius 1 is 1.00 bits per heavy atom. The van der Waals surface area contributed by atoms with E-state index in [1.807, 2.05) is 11.8 Å². The molecule has 1 aliphatic heterocycles. The van der Waals surface area contributed by atoms with Crippen molar-refractivity contribution in [1.82, 2.24) is 0 Å². The van der Waals surface area contributed by atoms with E-state index in [4.69, 9.17) is 5.73 Å². The highest BCUT2D eigenvalue weighted by Crippen LogP contribution is 2.52. The zero-order valence-corrected chi connectivity index (χ0v) is 12.2. The van der Waals surface area contributed by atoms with Gasteiger partial charge in [0, 0.05) is 16.2 Å². The van der Waals surface area contributed by atoms with Gasteiger partial charge >= 0.3 is 0 Å². The van der Waals surface area contributed by atoms with Crippen LogP contribution in [0.4, 0.5) is 0 Å².